The fourth-order valence-electron chi connectivity index (χ4n) is 2.38. The quantitative estimate of drug-likeness (QED) is 0.672. The first-order valence-electron chi connectivity index (χ1n) is 6.62. The van der Waals surface area contributed by atoms with Crippen molar-refractivity contribution in [1.29, 1.82) is 0 Å². The topological polar surface area (TPSA) is 71.3 Å². The normalized spacial score (nSPS) is 18.8. The second-order valence-electron chi connectivity index (χ2n) is 5.74. The number of anilines is 1. The molecule has 20 heavy (non-hydrogen) atoms. The summed E-state index contributed by atoms with van der Waals surface area (Å²) in [6.45, 7) is 5.09. The predicted molar refractivity (Wildman–Crippen MR) is 81.9 cm³/mol. The van der Waals surface area contributed by atoms with Crippen molar-refractivity contribution in [3.8, 4) is 0 Å². The van der Waals surface area contributed by atoms with Gasteiger partial charge < -0.3 is 10.2 Å². The van der Waals surface area contributed by atoms with Crippen LogP contribution in [0.2, 0.25) is 0 Å². The Hall–Kier alpha value is -1.21. The van der Waals surface area contributed by atoms with Gasteiger partial charge in [-0.1, -0.05) is 6.92 Å². The number of nitrogens with zero attached hydrogens (tertiary/aromatic N) is 3. The summed E-state index contributed by atoms with van der Waals surface area (Å²) in [5.74, 6) is 0. The van der Waals surface area contributed by atoms with Gasteiger partial charge in [-0.15, -0.1) is 0 Å². The van der Waals surface area contributed by atoms with Crippen LogP contribution >= 0.6 is 15.9 Å². The molecule has 6 nitrogen and oxygen atoms in total. The van der Waals surface area contributed by atoms with Crippen molar-refractivity contribution in [3.63, 3.8) is 0 Å². The molecule has 1 aliphatic heterocycles. The van der Waals surface area contributed by atoms with Crippen LogP contribution in [-0.2, 0) is 0 Å². The molecule has 0 saturated carbocycles. The van der Waals surface area contributed by atoms with E-state index in [1.54, 1.807) is 6.20 Å². The fourth-order valence-corrected chi connectivity index (χ4v) is 2.84. The zero-order chi connectivity index (χ0) is 14.8. The average molecular weight is 343 g/mol. The molecule has 1 aliphatic rings. The highest BCUT2D eigenvalue weighted by Gasteiger charge is 2.29. The van der Waals surface area contributed by atoms with Gasteiger partial charge in [0.15, 0.2) is 0 Å². The molecule has 1 aromatic heterocycles. The van der Waals surface area contributed by atoms with Crippen molar-refractivity contribution in [3.05, 3.63) is 27.0 Å². The van der Waals surface area contributed by atoms with E-state index >= 15 is 0 Å². The van der Waals surface area contributed by atoms with E-state index in [0.29, 0.717) is 10.2 Å². The van der Waals surface area contributed by atoms with Crippen LogP contribution in [0.15, 0.2) is 16.9 Å². The number of hydrogen-bond acceptors (Lipinski definition) is 5. The van der Waals surface area contributed by atoms with Crippen molar-refractivity contribution >= 4 is 27.3 Å². The maximum Gasteiger partial charge on any atom is 0.311 e. The first-order valence-corrected chi connectivity index (χ1v) is 7.41. The Morgan fingerprint density at radius 3 is 2.75 bits per heavy atom. The number of likely N-dealkylation sites (tertiary alicyclic amines) is 1. The van der Waals surface area contributed by atoms with E-state index in [2.05, 4.69) is 45.1 Å². The minimum atomic E-state index is -0.406. The maximum absolute atomic E-state index is 11.0. The van der Waals surface area contributed by atoms with E-state index in [1.165, 1.54) is 6.20 Å². The molecular weight excluding hydrogens is 324 g/mol. The average Bonchev–Trinajstić information content (AvgIpc) is 2.41. The number of pyridine rings is 1. The second-order valence-corrected chi connectivity index (χ2v) is 6.59. The monoisotopic (exact) mass is 342 g/mol. The summed E-state index contributed by atoms with van der Waals surface area (Å²) in [6, 6.07) is 0. The highest BCUT2D eigenvalue weighted by Crippen LogP contribution is 2.35. The van der Waals surface area contributed by atoms with Gasteiger partial charge in [0.25, 0.3) is 0 Å². The minimum absolute atomic E-state index is 0.0101. The van der Waals surface area contributed by atoms with Gasteiger partial charge in [-0.05, 0) is 54.3 Å². The van der Waals surface area contributed by atoms with Gasteiger partial charge in [0.2, 0.25) is 0 Å². The van der Waals surface area contributed by atoms with Crippen LogP contribution in [-0.4, -0.2) is 41.5 Å². The van der Waals surface area contributed by atoms with E-state index in [1.807, 2.05) is 0 Å². The number of aromatic nitrogens is 1. The van der Waals surface area contributed by atoms with Crippen LogP contribution < -0.4 is 5.32 Å². The van der Waals surface area contributed by atoms with Gasteiger partial charge in [0.1, 0.15) is 11.9 Å². The van der Waals surface area contributed by atoms with Crippen LogP contribution in [0.3, 0.4) is 0 Å². The largest absolute Gasteiger partial charge is 0.378 e. The lowest BCUT2D eigenvalue weighted by Crippen LogP contribution is -2.40. The Bertz CT molecular complexity index is 501. The van der Waals surface area contributed by atoms with Crippen LogP contribution in [0.1, 0.15) is 19.8 Å². The summed E-state index contributed by atoms with van der Waals surface area (Å²) < 4.78 is 0.628. The third-order valence-electron chi connectivity index (χ3n) is 3.96. The second kappa shape index (κ2) is 6.05. The number of piperidine rings is 1. The molecule has 0 bridgehead atoms. The SMILES string of the molecule is CN1CCC(C)(CNc2c(Br)cncc2[N+](=O)[O-])CC1. The predicted octanol–water partition coefficient (Wildman–Crippen LogP) is 2.90. The molecule has 0 amide bonds. The molecule has 1 N–H and O–H groups in total. The molecule has 1 fully saturated rings. The smallest absolute Gasteiger partial charge is 0.311 e. The summed E-state index contributed by atoms with van der Waals surface area (Å²) in [4.78, 5) is 16.8. The molecule has 1 aromatic rings. The van der Waals surface area contributed by atoms with Crippen molar-refractivity contribution in [2.24, 2.45) is 5.41 Å². The van der Waals surface area contributed by atoms with Gasteiger partial charge in [0.05, 0.1) is 9.40 Å². The van der Waals surface area contributed by atoms with Gasteiger partial charge in [0, 0.05) is 12.7 Å². The molecule has 1 saturated heterocycles. The third kappa shape index (κ3) is 3.46. The first-order chi connectivity index (χ1) is 9.41. The molecule has 0 aliphatic carbocycles. The van der Waals surface area contributed by atoms with Crippen molar-refractivity contribution in [2.75, 3.05) is 32.0 Å². The zero-order valence-corrected chi connectivity index (χ0v) is 13.3. The Morgan fingerprint density at radius 2 is 2.15 bits per heavy atom. The summed E-state index contributed by atoms with van der Waals surface area (Å²) in [6.07, 6.45) is 5.04. The molecule has 7 heteroatoms. The number of halogens is 1. The molecule has 0 unspecified atom stereocenters. The first kappa shape index (κ1) is 15.2. The van der Waals surface area contributed by atoms with Gasteiger partial charge in [-0.25, -0.2) is 0 Å². The molecule has 2 rings (SSSR count). The van der Waals surface area contributed by atoms with Crippen LogP contribution in [0.5, 0.6) is 0 Å². The van der Waals surface area contributed by atoms with Gasteiger partial charge in [-0.2, -0.15) is 0 Å². The van der Waals surface area contributed by atoms with E-state index in [4.69, 9.17) is 0 Å². The van der Waals surface area contributed by atoms with Crippen LogP contribution in [0.4, 0.5) is 11.4 Å². The van der Waals surface area contributed by atoms with E-state index in [9.17, 15) is 10.1 Å². The lowest BCUT2D eigenvalue weighted by atomic mass is 9.80. The van der Waals surface area contributed by atoms with Crippen LogP contribution in [0.25, 0.3) is 0 Å². The number of hydrogen-bond donors (Lipinski definition) is 1. The Morgan fingerprint density at radius 1 is 1.50 bits per heavy atom. The molecule has 0 spiro atoms. The summed E-state index contributed by atoms with van der Waals surface area (Å²) in [7, 11) is 2.12. The van der Waals surface area contributed by atoms with Gasteiger partial charge in [-0.3, -0.25) is 15.1 Å². The summed E-state index contributed by atoms with van der Waals surface area (Å²) in [5, 5.41) is 14.3. The summed E-state index contributed by atoms with van der Waals surface area (Å²) >= 11 is 3.33. The Labute approximate surface area is 126 Å². The highest BCUT2D eigenvalue weighted by atomic mass is 79.9. The number of rotatable bonds is 4. The van der Waals surface area contributed by atoms with Crippen molar-refractivity contribution in [2.45, 2.75) is 19.8 Å². The van der Waals surface area contributed by atoms with E-state index in [-0.39, 0.29) is 11.1 Å². The van der Waals surface area contributed by atoms with Crippen molar-refractivity contribution in [1.82, 2.24) is 9.88 Å². The molecule has 110 valence electrons. The Balaban J connectivity index is 2.09. The lowest BCUT2D eigenvalue weighted by molar-refractivity contribution is -0.384. The molecular formula is C13H19BrN4O2. The van der Waals surface area contributed by atoms with Crippen molar-refractivity contribution < 1.29 is 4.92 Å². The summed E-state index contributed by atoms with van der Waals surface area (Å²) in [5.41, 5.74) is 0.698. The molecule has 2 heterocycles. The molecule has 0 aromatic carbocycles. The highest BCUT2D eigenvalue weighted by molar-refractivity contribution is 9.10. The number of nitro groups is 1. The van der Waals surface area contributed by atoms with E-state index < -0.39 is 4.92 Å². The Kier molecular flexibility index (Phi) is 4.59. The van der Waals surface area contributed by atoms with Gasteiger partial charge >= 0.3 is 5.69 Å². The van der Waals surface area contributed by atoms with E-state index in [0.717, 1.165) is 32.5 Å². The maximum atomic E-state index is 11.0. The zero-order valence-electron chi connectivity index (χ0n) is 11.7. The fraction of sp³-hybridized carbons (Fsp3) is 0.615. The lowest BCUT2D eigenvalue weighted by Gasteiger charge is -2.38. The number of nitrogens with one attached hydrogen (secondary N) is 1. The standard InChI is InChI=1S/C13H19BrN4O2/c1-13(3-5-17(2)6-4-13)9-16-12-10(14)7-15-8-11(12)18(19)20/h7-8H,3-6,9H2,1-2H3,(H,15,16). The van der Waals surface area contributed by atoms with Crippen LogP contribution in [0, 0.1) is 15.5 Å². The molecule has 0 radical (unpaired) electrons. The third-order valence-corrected chi connectivity index (χ3v) is 4.56. The molecule has 0 atom stereocenters. The minimum Gasteiger partial charge on any atom is -0.378 e.